The third kappa shape index (κ3) is 2.89. The van der Waals surface area contributed by atoms with Crippen molar-refractivity contribution in [2.45, 2.75) is 6.92 Å². The fourth-order valence-electron chi connectivity index (χ4n) is 1.27. The van der Waals surface area contributed by atoms with Crippen LogP contribution in [0.1, 0.15) is 5.56 Å². The zero-order valence-electron chi connectivity index (χ0n) is 8.84. The first-order valence-electron chi connectivity index (χ1n) is 4.78. The molecule has 0 bridgehead atoms. The van der Waals surface area contributed by atoms with Gasteiger partial charge in [-0.3, -0.25) is 0 Å². The summed E-state index contributed by atoms with van der Waals surface area (Å²) in [5.74, 6) is 0.660. The largest absolute Gasteiger partial charge is 0.339 e. The van der Waals surface area contributed by atoms with Gasteiger partial charge in [0, 0.05) is 11.8 Å². The number of hydrogen-bond acceptors (Lipinski definition) is 3. The van der Waals surface area contributed by atoms with Gasteiger partial charge in [-0.2, -0.15) is 0 Å². The smallest absolute Gasteiger partial charge is 0.224 e. The molecule has 0 atom stereocenters. The molecule has 0 spiro atoms. The number of rotatable bonds is 2. The van der Waals surface area contributed by atoms with Crippen LogP contribution >= 0.6 is 39.1 Å². The summed E-state index contributed by atoms with van der Waals surface area (Å²) < 4.78 is 0.788. The molecule has 0 aliphatic heterocycles. The van der Waals surface area contributed by atoms with E-state index in [0.717, 1.165) is 15.7 Å². The third-order valence-corrected chi connectivity index (χ3v) is 3.73. The van der Waals surface area contributed by atoms with Gasteiger partial charge in [0.1, 0.15) is 5.82 Å². The molecule has 0 fully saturated rings. The minimum absolute atomic E-state index is 0.205. The van der Waals surface area contributed by atoms with Gasteiger partial charge in [0.2, 0.25) is 5.28 Å². The van der Waals surface area contributed by atoms with Crippen LogP contribution in [0.2, 0.25) is 10.3 Å². The van der Waals surface area contributed by atoms with Gasteiger partial charge in [-0.05, 0) is 46.6 Å². The summed E-state index contributed by atoms with van der Waals surface area (Å²) in [4.78, 5) is 8.02. The lowest BCUT2D eigenvalue weighted by Crippen LogP contribution is -1.98. The maximum atomic E-state index is 6.01. The molecule has 1 heterocycles. The van der Waals surface area contributed by atoms with Crippen molar-refractivity contribution in [2.75, 3.05) is 5.32 Å². The Balaban J connectivity index is 2.38. The molecule has 0 saturated heterocycles. The Morgan fingerprint density at radius 3 is 2.82 bits per heavy atom. The molecule has 0 aliphatic carbocycles. The van der Waals surface area contributed by atoms with E-state index in [1.54, 1.807) is 12.3 Å². The molecule has 2 rings (SSSR count). The summed E-state index contributed by atoms with van der Waals surface area (Å²) >= 11 is 15.2. The van der Waals surface area contributed by atoms with Gasteiger partial charge < -0.3 is 5.32 Å². The van der Waals surface area contributed by atoms with Gasteiger partial charge in [0.25, 0.3) is 0 Å². The fourth-order valence-corrected chi connectivity index (χ4v) is 1.95. The molecule has 0 unspecified atom stereocenters. The molecule has 0 saturated carbocycles. The van der Waals surface area contributed by atoms with E-state index in [4.69, 9.17) is 23.2 Å². The van der Waals surface area contributed by atoms with Gasteiger partial charge in [0.05, 0.1) is 15.2 Å². The number of halogens is 3. The maximum absolute atomic E-state index is 6.01. The van der Waals surface area contributed by atoms with Gasteiger partial charge in [-0.25, -0.2) is 9.97 Å². The Labute approximate surface area is 117 Å². The Kier molecular flexibility index (Phi) is 3.86. The number of hydrogen-bond donors (Lipinski definition) is 1. The van der Waals surface area contributed by atoms with E-state index in [2.05, 4.69) is 31.2 Å². The van der Waals surface area contributed by atoms with E-state index >= 15 is 0 Å². The third-order valence-electron chi connectivity index (χ3n) is 2.15. The highest BCUT2D eigenvalue weighted by Gasteiger charge is 2.07. The van der Waals surface area contributed by atoms with Crippen molar-refractivity contribution in [1.82, 2.24) is 9.97 Å². The van der Waals surface area contributed by atoms with E-state index in [1.165, 1.54) is 0 Å². The molecular formula is C11H8BrCl2N3. The lowest BCUT2D eigenvalue weighted by molar-refractivity contribution is 1.13. The van der Waals surface area contributed by atoms with Crippen molar-refractivity contribution in [3.63, 3.8) is 0 Å². The molecular weight excluding hydrogens is 325 g/mol. The Morgan fingerprint density at radius 1 is 1.29 bits per heavy atom. The number of aromatic nitrogens is 2. The van der Waals surface area contributed by atoms with Crippen molar-refractivity contribution >= 4 is 50.6 Å². The van der Waals surface area contributed by atoms with Crippen molar-refractivity contribution in [3.05, 3.63) is 44.7 Å². The normalized spacial score (nSPS) is 10.4. The van der Waals surface area contributed by atoms with Gasteiger partial charge in [-0.15, -0.1) is 0 Å². The van der Waals surface area contributed by atoms with Gasteiger partial charge in [0.15, 0.2) is 0 Å². The first-order chi connectivity index (χ1) is 8.08. The zero-order chi connectivity index (χ0) is 12.4. The van der Waals surface area contributed by atoms with Crippen LogP contribution in [0.4, 0.5) is 11.5 Å². The van der Waals surface area contributed by atoms with Crippen LogP contribution in [0.5, 0.6) is 0 Å². The van der Waals surface area contributed by atoms with Crippen LogP contribution in [0.3, 0.4) is 0 Å². The van der Waals surface area contributed by atoms with Gasteiger partial charge in [-0.1, -0.05) is 17.7 Å². The highest BCUT2D eigenvalue weighted by molar-refractivity contribution is 9.10. The molecule has 17 heavy (non-hydrogen) atoms. The van der Waals surface area contributed by atoms with Crippen LogP contribution in [-0.4, -0.2) is 9.97 Å². The Bertz CT molecular complexity index is 560. The Morgan fingerprint density at radius 2 is 2.06 bits per heavy atom. The summed E-state index contributed by atoms with van der Waals surface area (Å²) in [6.07, 6.45) is 1.66. The fraction of sp³-hybridized carbons (Fsp3) is 0.0909. The van der Waals surface area contributed by atoms with Gasteiger partial charge >= 0.3 is 0 Å². The molecule has 0 aliphatic rings. The molecule has 1 aromatic carbocycles. The highest BCUT2D eigenvalue weighted by atomic mass is 79.9. The van der Waals surface area contributed by atoms with Crippen LogP contribution < -0.4 is 5.32 Å². The van der Waals surface area contributed by atoms with E-state index in [9.17, 15) is 0 Å². The van der Waals surface area contributed by atoms with E-state index in [1.807, 2.05) is 19.1 Å². The zero-order valence-corrected chi connectivity index (χ0v) is 11.9. The van der Waals surface area contributed by atoms with E-state index < -0.39 is 0 Å². The van der Waals surface area contributed by atoms with Crippen molar-refractivity contribution in [1.29, 1.82) is 0 Å². The number of nitrogens with one attached hydrogen (secondary N) is 1. The maximum Gasteiger partial charge on any atom is 0.224 e. The second-order valence-electron chi connectivity index (χ2n) is 3.40. The average Bonchev–Trinajstić information content (AvgIpc) is 2.30. The van der Waals surface area contributed by atoms with Crippen LogP contribution in [0.25, 0.3) is 0 Å². The summed E-state index contributed by atoms with van der Waals surface area (Å²) in [5.41, 5.74) is 1.73. The highest BCUT2D eigenvalue weighted by Crippen LogP contribution is 2.32. The average molecular weight is 333 g/mol. The summed E-state index contributed by atoms with van der Waals surface area (Å²) in [7, 11) is 0. The number of nitrogens with zero attached hydrogens (tertiary/aromatic N) is 2. The SMILES string of the molecule is Cc1cnc(Cl)nc1Nc1cccc(Cl)c1Br. The predicted molar refractivity (Wildman–Crippen MR) is 74.2 cm³/mol. The topological polar surface area (TPSA) is 37.8 Å². The monoisotopic (exact) mass is 331 g/mol. The van der Waals surface area contributed by atoms with Crippen LogP contribution in [0.15, 0.2) is 28.9 Å². The molecule has 1 aromatic heterocycles. The van der Waals surface area contributed by atoms with E-state index in [-0.39, 0.29) is 5.28 Å². The molecule has 1 N–H and O–H groups in total. The molecule has 88 valence electrons. The number of aryl methyl sites for hydroxylation is 1. The molecule has 3 nitrogen and oxygen atoms in total. The lowest BCUT2D eigenvalue weighted by atomic mass is 10.3. The second kappa shape index (κ2) is 5.21. The molecule has 0 amide bonds. The molecule has 6 heteroatoms. The van der Waals surface area contributed by atoms with Crippen LogP contribution in [0, 0.1) is 6.92 Å². The van der Waals surface area contributed by atoms with E-state index in [0.29, 0.717) is 10.8 Å². The second-order valence-corrected chi connectivity index (χ2v) is 4.94. The standard InChI is InChI=1S/C11H8BrCl2N3/c1-6-5-15-11(14)17-10(6)16-8-4-2-3-7(13)9(8)12/h2-5H,1H3,(H,15,16,17). The minimum atomic E-state index is 0.205. The van der Waals surface area contributed by atoms with Crippen molar-refractivity contribution in [2.24, 2.45) is 0 Å². The van der Waals surface area contributed by atoms with Crippen LogP contribution in [-0.2, 0) is 0 Å². The summed E-state index contributed by atoms with van der Waals surface area (Å²) in [5, 5.41) is 3.99. The first-order valence-corrected chi connectivity index (χ1v) is 6.33. The molecule has 0 radical (unpaired) electrons. The van der Waals surface area contributed by atoms with Crippen molar-refractivity contribution < 1.29 is 0 Å². The minimum Gasteiger partial charge on any atom is -0.339 e. The lowest BCUT2D eigenvalue weighted by Gasteiger charge is -2.10. The van der Waals surface area contributed by atoms with Crippen molar-refractivity contribution in [3.8, 4) is 0 Å². The summed E-state index contributed by atoms with van der Waals surface area (Å²) in [6.45, 7) is 1.90. The number of anilines is 2. The molecule has 2 aromatic rings. The summed E-state index contributed by atoms with van der Waals surface area (Å²) in [6, 6.07) is 5.55. The predicted octanol–water partition coefficient (Wildman–Crippen LogP) is 4.60. The Hall–Kier alpha value is -0.840. The number of benzene rings is 1. The first kappa shape index (κ1) is 12.6. The quantitative estimate of drug-likeness (QED) is 0.817.